The second-order valence-electron chi connectivity index (χ2n) is 4.63. The maximum atomic E-state index is 6.27. The van der Waals surface area contributed by atoms with E-state index in [0.717, 1.165) is 12.0 Å². The van der Waals surface area contributed by atoms with Crippen LogP contribution in [0.4, 0.5) is 0 Å². The van der Waals surface area contributed by atoms with Gasteiger partial charge < -0.3 is 5.73 Å². The van der Waals surface area contributed by atoms with Crippen LogP contribution in [0.1, 0.15) is 25.8 Å². The van der Waals surface area contributed by atoms with Gasteiger partial charge in [-0.05, 0) is 23.5 Å². The van der Waals surface area contributed by atoms with E-state index in [0.29, 0.717) is 10.0 Å². The summed E-state index contributed by atoms with van der Waals surface area (Å²) < 4.78 is 0. The van der Waals surface area contributed by atoms with Gasteiger partial charge in [-0.3, -0.25) is 0 Å². The van der Waals surface area contributed by atoms with Crippen molar-refractivity contribution in [1.29, 1.82) is 0 Å². The molecule has 1 aliphatic rings. The lowest BCUT2D eigenvalue weighted by Crippen LogP contribution is -2.25. The van der Waals surface area contributed by atoms with Crippen molar-refractivity contribution in [2.75, 3.05) is 0 Å². The Balaban J connectivity index is 2.49. The molecule has 1 unspecified atom stereocenters. The minimum Gasteiger partial charge on any atom is -0.321 e. The number of halogens is 2. The molecule has 0 bridgehead atoms. The first-order valence-corrected chi connectivity index (χ1v) is 5.37. The molecule has 1 saturated carbocycles. The Hall–Kier alpha value is -0.240. The van der Waals surface area contributed by atoms with Gasteiger partial charge in [-0.1, -0.05) is 49.2 Å². The first-order chi connectivity index (χ1) is 6.38. The third-order valence-electron chi connectivity index (χ3n) is 3.24. The smallest absolute Gasteiger partial charge is 0.0643 e. The Morgan fingerprint density at radius 3 is 2.36 bits per heavy atom. The summed E-state index contributed by atoms with van der Waals surface area (Å²) in [6, 6.07) is 5.64. The van der Waals surface area contributed by atoms with Gasteiger partial charge in [0, 0.05) is 5.54 Å². The van der Waals surface area contributed by atoms with Gasteiger partial charge in [0.15, 0.2) is 0 Å². The van der Waals surface area contributed by atoms with Crippen LogP contribution in [0.3, 0.4) is 0 Å². The van der Waals surface area contributed by atoms with Crippen LogP contribution in [0, 0.1) is 5.41 Å². The molecule has 0 radical (unpaired) electrons. The molecule has 0 spiro atoms. The van der Waals surface area contributed by atoms with Gasteiger partial charge in [0.1, 0.15) is 0 Å². The maximum Gasteiger partial charge on any atom is 0.0643 e. The summed E-state index contributed by atoms with van der Waals surface area (Å²) in [6.45, 7) is 4.29. The number of hydrogen-bond acceptors (Lipinski definition) is 1. The van der Waals surface area contributed by atoms with Crippen molar-refractivity contribution >= 4 is 23.2 Å². The molecule has 0 amide bonds. The third kappa shape index (κ3) is 1.27. The largest absolute Gasteiger partial charge is 0.321 e. The first kappa shape index (κ1) is 10.3. The second-order valence-corrected chi connectivity index (χ2v) is 5.42. The van der Waals surface area contributed by atoms with E-state index in [1.807, 2.05) is 12.1 Å². The van der Waals surface area contributed by atoms with Gasteiger partial charge in [-0.2, -0.15) is 0 Å². The molecule has 0 saturated heterocycles. The van der Waals surface area contributed by atoms with Gasteiger partial charge in [-0.25, -0.2) is 0 Å². The lowest BCUT2D eigenvalue weighted by Gasteiger charge is -2.17. The summed E-state index contributed by atoms with van der Waals surface area (Å²) in [5.41, 5.74) is 7.07. The third-order valence-corrected chi connectivity index (χ3v) is 4.05. The normalized spacial score (nSPS) is 28.9. The Kier molecular flexibility index (Phi) is 2.11. The minimum absolute atomic E-state index is 0.126. The van der Waals surface area contributed by atoms with Crippen molar-refractivity contribution in [1.82, 2.24) is 0 Å². The van der Waals surface area contributed by atoms with Gasteiger partial charge in [0.25, 0.3) is 0 Å². The quantitative estimate of drug-likeness (QED) is 0.783. The van der Waals surface area contributed by atoms with Crippen LogP contribution >= 0.6 is 23.2 Å². The molecule has 1 aliphatic carbocycles. The predicted octanol–water partition coefficient (Wildman–Crippen LogP) is 3.58. The lowest BCUT2D eigenvalue weighted by molar-refractivity contribution is 0.510. The van der Waals surface area contributed by atoms with Crippen LogP contribution in [0.5, 0.6) is 0 Å². The van der Waals surface area contributed by atoms with Crippen molar-refractivity contribution in [2.24, 2.45) is 11.1 Å². The molecule has 3 heteroatoms. The van der Waals surface area contributed by atoms with Crippen molar-refractivity contribution in [3.8, 4) is 0 Å². The average molecular weight is 230 g/mol. The van der Waals surface area contributed by atoms with Crippen molar-refractivity contribution < 1.29 is 0 Å². The summed E-state index contributed by atoms with van der Waals surface area (Å²) in [5, 5.41) is 1.18. The van der Waals surface area contributed by atoms with Crippen molar-refractivity contribution in [3.05, 3.63) is 33.8 Å². The molecule has 2 N–H and O–H groups in total. The molecule has 14 heavy (non-hydrogen) atoms. The number of rotatable bonds is 1. The fourth-order valence-corrected chi connectivity index (χ4v) is 2.43. The van der Waals surface area contributed by atoms with Gasteiger partial charge in [0.05, 0.1) is 10.0 Å². The molecule has 0 aromatic heterocycles. The van der Waals surface area contributed by atoms with E-state index in [2.05, 4.69) is 13.8 Å². The number of nitrogens with two attached hydrogens (primary N) is 1. The predicted molar refractivity (Wildman–Crippen MR) is 60.7 cm³/mol. The highest BCUT2D eigenvalue weighted by Crippen LogP contribution is 2.61. The number of hydrogen-bond donors (Lipinski definition) is 1. The summed E-state index contributed by atoms with van der Waals surface area (Å²) >= 11 is 12.1. The van der Waals surface area contributed by atoms with Crippen LogP contribution in [0.15, 0.2) is 18.2 Å². The fraction of sp³-hybridized carbons (Fsp3) is 0.455. The first-order valence-electron chi connectivity index (χ1n) is 4.62. The Labute approximate surface area is 94.2 Å². The molecular formula is C11H13Cl2N. The lowest BCUT2D eigenvalue weighted by atomic mass is 9.97. The molecule has 1 nitrogen and oxygen atoms in total. The van der Waals surface area contributed by atoms with Crippen molar-refractivity contribution in [2.45, 2.75) is 25.8 Å². The van der Waals surface area contributed by atoms with Gasteiger partial charge in [0.2, 0.25) is 0 Å². The van der Waals surface area contributed by atoms with Gasteiger partial charge in [-0.15, -0.1) is 0 Å². The highest BCUT2D eigenvalue weighted by Gasteiger charge is 2.60. The minimum atomic E-state index is -0.297. The van der Waals surface area contributed by atoms with Crippen LogP contribution in [-0.2, 0) is 5.54 Å². The molecule has 1 aromatic rings. The summed E-state index contributed by atoms with van der Waals surface area (Å²) in [4.78, 5) is 0. The summed E-state index contributed by atoms with van der Waals surface area (Å²) in [7, 11) is 0. The molecule has 1 fully saturated rings. The topological polar surface area (TPSA) is 26.0 Å². The molecule has 76 valence electrons. The molecule has 0 aliphatic heterocycles. The molecule has 1 atom stereocenters. The average Bonchev–Trinajstić information content (AvgIpc) is 2.58. The zero-order chi connectivity index (χ0) is 10.6. The molecular weight excluding hydrogens is 217 g/mol. The van der Waals surface area contributed by atoms with E-state index >= 15 is 0 Å². The second kappa shape index (κ2) is 2.88. The zero-order valence-corrected chi connectivity index (χ0v) is 9.78. The molecule has 1 aromatic carbocycles. The van der Waals surface area contributed by atoms with E-state index in [-0.39, 0.29) is 11.0 Å². The van der Waals surface area contributed by atoms with Crippen LogP contribution in [0.25, 0.3) is 0 Å². The van der Waals surface area contributed by atoms with Crippen LogP contribution in [-0.4, -0.2) is 0 Å². The maximum absolute atomic E-state index is 6.27. The SMILES string of the molecule is CC1(C)CC1(N)c1cccc(Cl)c1Cl. The monoisotopic (exact) mass is 229 g/mol. The Morgan fingerprint density at radius 2 is 1.86 bits per heavy atom. The van der Waals surface area contributed by atoms with Crippen LogP contribution in [0.2, 0.25) is 10.0 Å². The Bertz CT molecular complexity index is 387. The van der Waals surface area contributed by atoms with Crippen LogP contribution < -0.4 is 5.73 Å². The standard InChI is InChI=1S/C11H13Cl2N/c1-10(2)6-11(10,14)7-4-3-5-8(12)9(7)13/h3-5H,6,14H2,1-2H3. The van der Waals surface area contributed by atoms with E-state index < -0.39 is 0 Å². The highest BCUT2D eigenvalue weighted by atomic mass is 35.5. The van der Waals surface area contributed by atoms with E-state index in [4.69, 9.17) is 28.9 Å². The van der Waals surface area contributed by atoms with E-state index in [1.165, 1.54) is 0 Å². The zero-order valence-electron chi connectivity index (χ0n) is 8.27. The Morgan fingerprint density at radius 1 is 1.29 bits per heavy atom. The number of benzene rings is 1. The summed E-state index contributed by atoms with van der Waals surface area (Å²) in [5.74, 6) is 0. The van der Waals surface area contributed by atoms with Gasteiger partial charge >= 0.3 is 0 Å². The summed E-state index contributed by atoms with van der Waals surface area (Å²) in [6.07, 6.45) is 0.958. The highest BCUT2D eigenvalue weighted by molar-refractivity contribution is 6.42. The molecule has 0 heterocycles. The molecule has 2 rings (SSSR count). The fourth-order valence-electron chi connectivity index (χ4n) is 1.96. The van der Waals surface area contributed by atoms with E-state index in [1.54, 1.807) is 6.07 Å². The van der Waals surface area contributed by atoms with Crippen molar-refractivity contribution in [3.63, 3.8) is 0 Å². The van der Waals surface area contributed by atoms with E-state index in [9.17, 15) is 0 Å².